The van der Waals surface area contributed by atoms with Crippen LogP contribution in [-0.4, -0.2) is 57.7 Å². The van der Waals surface area contributed by atoms with Crippen LogP contribution in [0.15, 0.2) is 42.5 Å². The second kappa shape index (κ2) is 12.3. The summed E-state index contributed by atoms with van der Waals surface area (Å²) in [6.45, 7) is 6.35. The molecule has 0 saturated carbocycles. The molecule has 0 aliphatic heterocycles. The number of rotatable bonds is 11. The molecule has 9 nitrogen and oxygen atoms in total. The summed E-state index contributed by atoms with van der Waals surface area (Å²) < 4.78 is 15.2. The molecule has 0 aliphatic rings. The van der Waals surface area contributed by atoms with Gasteiger partial charge in [0, 0.05) is 29.5 Å². The predicted octanol–water partition coefficient (Wildman–Crippen LogP) is 2.85. The Morgan fingerprint density at radius 1 is 0.970 bits per heavy atom. The van der Waals surface area contributed by atoms with Crippen LogP contribution in [0.2, 0.25) is 0 Å². The number of ether oxygens (including phenoxy) is 3. The number of nitrogens with one attached hydrogen (secondary N) is 2. The largest absolute Gasteiger partial charge is 0.493 e. The fourth-order valence-electron chi connectivity index (χ4n) is 3.21. The highest BCUT2D eigenvalue weighted by Crippen LogP contribution is 2.27. The van der Waals surface area contributed by atoms with Gasteiger partial charge in [0.2, 0.25) is 0 Å². The fourth-order valence-corrected chi connectivity index (χ4v) is 3.21. The molecule has 33 heavy (non-hydrogen) atoms. The van der Waals surface area contributed by atoms with E-state index in [1.165, 1.54) is 20.3 Å². The van der Waals surface area contributed by atoms with Gasteiger partial charge in [0.15, 0.2) is 18.1 Å². The molecule has 0 atom stereocenters. The van der Waals surface area contributed by atoms with Gasteiger partial charge in [0.05, 0.1) is 14.2 Å². The first-order valence-electron chi connectivity index (χ1n) is 10.6. The minimum atomic E-state index is -0.732. The molecule has 9 heteroatoms. The average molecular weight is 458 g/mol. The molecule has 0 aliphatic carbocycles. The number of methoxy groups -OCH3 is 2. The summed E-state index contributed by atoms with van der Waals surface area (Å²) in [5.74, 6) is -0.816. The Kier molecular flexibility index (Phi) is 9.53. The van der Waals surface area contributed by atoms with Crippen molar-refractivity contribution < 1.29 is 28.6 Å². The van der Waals surface area contributed by atoms with E-state index < -0.39 is 24.4 Å². The molecule has 2 amide bonds. The summed E-state index contributed by atoms with van der Waals surface area (Å²) in [7, 11) is 2.95. The van der Waals surface area contributed by atoms with Crippen molar-refractivity contribution in [2.24, 2.45) is 0 Å². The third-order valence-electron chi connectivity index (χ3n) is 4.85. The molecule has 0 saturated heterocycles. The van der Waals surface area contributed by atoms with Gasteiger partial charge in [-0.25, -0.2) is 0 Å². The molecule has 2 aromatic rings. The predicted molar refractivity (Wildman–Crippen MR) is 126 cm³/mol. The quantitative estimate of drug-likeness (QED) is 0.500. The van der Waals surface area contributed by atoms with Gasteiger partial charge in [-0.1, -0.05) is 0 Å². The van der Waals surface area contributed by atoms with Crippen LogP contribution in [0, 0.1) is 0 Å². The number of nitrogens with zero attached hydrogens (tertiary/aromatic N) is 1. The van der Waals surface area contributed by atoms with Gasteiger partial charge >= 0.3 is 5.97 Å². The number of carbonyl (C=O) groups is 3. The third kappa shape index (κ3) is 7.41. The lowest BCUT2D eigenvalue weighted by atomic mass is 10.2. The number of anilines is 2. The van der Waals surface area contributed by atoms with E-state index in [9.17, 15) is 14.4 Å². The summed E-state index contributed by atoms with van der Waals surface area (Å²) in [5, 5.41) is 5.12. The summed E-state index contributed by atoms with van der Waals surface area (Å²) in [6.07, 6.45) is 0. The van der Waals surface area contributed by atoms with Crippen molar-refractivity contribution in [1.29, 1.82) is 0 Å². The van der Waals surface area contributed by atoms with Gasteiger partial charge in [-0.05, 0) is 63.2 Å². The average Bonchev–Trinajstić information content (AvgIpc) is 2.82. The first-order valence-corrected chi connectivity index (χ1v) is 10.6. The van der Waals surface area contributed by atoms with Crippen molar-refractivity contribution in [3.63, 3.8) is 0 Å². The van der Waals surface area contributed by atoms with Gasteiger partial charge in [-0.3, -0.25) is 14.4 Å². The SMILES string of the molecule is CCN(c1ccc(NC(=O)COC(=O)CNC(=O)c2ccc(OC)c(OC)c2)cc1)C(C)C. The lowest BCUT2D eigenvalue weighted by Gasteiger charge is -2.27. The highest BCUT2D eigenvalue weighted by Gasteiger charge is 2.14. The lowest BCUT2D eigenvalue weighted by Crippen LogP contribution is -2.32. The van der Waals surface area contributed by atoms with Crippen molar-refractivity contribution in [2.45, 2.75) is 26.8 Å². The third-order valence-corrected chi connectivity index (χ3v) is 4.85. The van der Waals surface area contributed by atoms with Crippen molar-refractivity contribution in [3.8, 4) is 11.5 Å². The number of benzene rings is 2. The topological polar surface area (TPSA) is 106 Å². The van der Waals surface area contributed by atoms with E-state index in [2.05, 4.69) is 36.3 Å². The Morgan fingerprint density at radius 3 is 2.21 bits per heavy atom. The van der Waals surface area contributed by atoms with Crippen LogP contribution in [0.5, 0.6) is 11.5 Å². The molecule has 0 fully saturated rings. The smallest absolute Gasteiger partial charge is 0.325 e. The Labute approximate surface area is 194 Å². The monoisotopic (exact) mass is 457 g/mol. The highest BCUT2D eigenvalue weighted by molar-refractivity contribution is 5.97. The van der Waals surface area contributed by atoms with Crippen molar-refractivity contribution in [1.82, 2.24) is 5.32 Å². The zero-order valence-electron chi connectivity index (χ0n) is 19.6. The molecule has 0 heterocycles. The summed E-state index contributed by atoms with van der Waals surface area (Å²) in [5.41, 5.74) is 1.95. The van der Waals surface area contributed by atoms with Crippen molar-refractivity contribution >= 4 is 29.2 Å². The number of hydrogen-bond acceptors (Lipinski definition) is 7. The minimum Gasteiger partial charge on any atom is -0.493 e. The minimum absolute atomic E-state index is 0.292. The molecule has 2 aromatic carbocycles. The Balaban J connectivity index is 1.79. The molecule has 2 N–H and O–H groups in total. The molecule has 2 rings (SSSR count). The van der Waals surface area contributed by atoms with Gasteiger partial charge in [-0.2, -0.15) is 0 Å². The van der Waals surface area contributed by atoms with Crippen LogP contribution in [0.3, 0.4) is 0 Å². The van der Waals surface area contributed by atoms with Crippen LogP contribution in [0.1, 0.15) is 31.1 Å². The molecular weight excluding hydrogens is 426 g/mol. The standard InChI is InChI=1S/C24H31N3O6/c1-6-27(16(2)3)19-10-8-18(9-11-19)26-22(28)15-33-23(29)14-25-24(30)17-7-12-20(31-4)21(13-17)32-5/h7-13,16H,6,14-15H2,1-5H3,(H,25,30)(H,26,28). The Bertz CT molecular complexity index is 959. The van der Waals surface area contributed by atoms with E-state index in [0.717, 1.165) is 12.2 Å². The molecule has 0 unspecified atom stereocenters. The van der Waals surface area contributed by atoms with Gasteiger partial charge in [-0.15, -0.1) is 0 Å². The van der Waals surface area contributed by atoms with Crippen LogP contribution in [0.4, 0.5) is 11.4 Å². The van der Waals surface area contributed by atoms with E-state index >= 15 is 0 Å². The maximum Gasteiger partial charge on any atom is 0.325 e. The van der Waals surface area contributed by atoms with Crippen LogP contribution in [0.25, 0.3) is 0 Å². The summed E-state index contributed by atoms with van der Waals surface area (Å²) >= 11 is 0. The molecule has 0 spiro atoms. The lowest BCUT2D eigenvalue weighted by molar-refractivity contribution is -0.146. The fraction of sp³-hybridized carbons (Fsp3) is 0.375. The maximum atomic E-state index is 12.2. The number of hydrogen-bond donors (Lipinski definition) is 2. The maximum absolute atomic E-state index is 12.2. The molecule has 0 radical (unpaired) electrons. The number of amides is 2. The number of esters is 1. The number of carbonyl (C=O) groups excluding carboxylic acids is 3. The van der Waals surface area contributed by atoms with Gasteiger partial charge in [0.1, 0.15) is 6.54 Å². The molecule has 178 valence electrons. The Morgan fingerprint density at radius 2 is 1.64 bits per heavy atom. The van der Waals surface area contributed by atoms with Crippen molar-refractivity contribution in [3.05, 3.63) is 48.0 Å². The van der Waals surface area contributed by atoms with Gasteiger partial charge < -0.3 is 29.7 Å². The highest BCUT2D eigenvalue weighted by atomic mass is 16.5. The molecular formula is C24H31N3O6. The second-order valence-corrected chi connectivity index (χ2v) is 7.39. The van der Waals surface area contributed by atoms with Crippen LogP contribution < -0.4 is 25.0 Å². The van der Waals surface area contributed by atoms with Crippen molar-refractivity contribution in [2.75, 3.05) is 44.1 Å². The van der Waals surface area contributed by atoms with E-state index in [0.29, 0.717) is 28.8 Å². The first-order chi connectivity index (χ1) is 15.8. The Hall–Kier alpha value is -3.75. The van der Waals surface area contributed by atoms with E-state index in [1.54, 1.807) is 24.3 Å². The first kappa shape index (κ1) is 25.5. The zero-order valence-corrected chi connectivity index (χ0v) is 19.6. The van der Waals surface area contributed by atoms with E-state index in [4.69, 9.17) is 14.2 Å². The van der Waals surface area contributed by atoms with Crippen LogP contribution in [-0.2, 0) is 14.3 Å². The molecule has 0 aromatic heterocycles. The van der Waals surface area contributed by atoms with E-state index in [1.807, 2.05) is 12.1 Å². The van der Waals surface area contributed by atoms with Gasteiger partial charge in [0.25, 0.3) is 11.8 Å². The zero-order chi connectivity index (χ0) is 24.4. The van der Waals surface area contributed by atoms with Crippen LogP contribution >= 0.6 is 0 Å². The summed E-state index contributed by atoms with van der Waals surface area (Å²) in [4.78, 5) is 38.5. The normalized spacial score (nSPS) is 10.4. The second-order valence-electron chi connectivity index (χ2n) is 7.39. The van der Waals surface area contributed by atoms with E-state index in [-0.39, 0.29) is 6.54 Å². The summed E-state index contributed by atoms with van der Waals surface area (Å²) in [6, 6.07) is 12.4. The molecule has 0 bridgehead atoms.